The van der Waals surface area contributed by atoms with Gasteiger partial charge in [0.05, 0.1) is 0 Å². The molecule has 0 radical (unpaired) electrons. The number of likely N-dealkylation sites (N-methyl/N-ethyl adjacent to an activating group) is 1. The second-order valence-corrected chi connectivity index (χ2v) is 7.38. The van der Waals surface area contributed by atoms with Gasteiger partial charge in [-0.15, -0.1) is 24.8 Å². The maximum absolute atomic E-state index is 3.64. The summed E-state index contributed by atoms with van der Waals surface area (Å²) < 4.78 is 1.42. The second kappa shape index (κ2) is 11.3. The van der Waals surface area contributed by atoms with Crippen molar-refractivity contribution >= 4 is 53.1 Å². The standard InChI is InChI=1S/C20H25IN2.2ClH/c1-22-14-16-8-5-9-18-17(16)10-11-19(20(18)21)23-13-12-15-6-3-2-4-7-15;;/h2-4,6-7,10-11,16,22-23H,5,8-9,12-14H2,1H3;2*1H. The molecular weight excluding hydrogens is 466 g/mol. The first-order chi connectivity index (χ1) is 11.3. The minimum absolute atomic E-state index is 0. The van der Waals surface area contributed by atoms with Crippen molar-refractivity contribution in [3.8, 4) is 0 Å². The number of benzene rings is 2. The summed E-state index contributed by atoms with van der Waals surface area (Å²) in [6.45, 7) is 2.07. The molecule has 1 atom stereocenters. The molecule has 2 nitrogen and oxygen atoms in total. The van der Waals surface area contributed by atoms with Crippen molar-refractivity contribution in [1.29, 1.82) is 0 Å². The molecule has 2 aromatic carbocycles. The Balaban J connectivity index is 0.00000156. The van der Waals surface area contributed by atoms with Gasteiger partial charge in [-0.1, -0.05) is 36.4 Å². The zero-order valence-corrected chi connectivity index (χ0v) is 18.3. The van der Waals surface area contributed by atoms with Crippen LogP contribution in [0.25, 0.3) is 0 Å². The lowest BCUT2D eigenvalue weighted by Gasteiger charge is -2.27. The third-order valence-electron chi connectivity index (χ3n) is 4.72. The van der Waals surface area contributed by atoms with Gasteiger partial charge in [-0.25, -0.2) is 0 Å². The number of hydrogen-bond acceptors (Lipinski definition) is 2. The Hall–Kier alpha value is -0.490. The summed E-state index contributed by atoms with van der Waals surface area (Å²) in [5.74, 6) is 0.677. The summed E-state index contributed by atoms with van der Waals surface area (Å²) in [6, 6.07) is 15.3. The summed E-state index contributed by atoms with van der Waals surface area (Å²) in [7, 11) is 2.05. The van der Waals surface area contributed by atoms with Gasteiger partial charge in [0, 0.05) is 22.3 Å². The minimum atomic E-state index is 0. The molecule has 5 heteroatoms. The predicted molar refractivity (Wildman–Crippen MR) is 122 cm³/mol. The first-order valence-corrected chi connectivity index (χ1v) is 9.61. The van der Waals surface area contributed by atoms with Gasteiger partial charge in [-0.2, -0.15) is 0 Å². The fourth-order valence-corrected chi connectivity index (χ4v) is 4.49. The average Bonchev–Trinajstić information content (AvgIpc) is 2.59. The smallest absolute Gasteiger partial charge is 0.0478 e. The molecule has 25 heavy (non-hydrogen) atoms. The van der Waals surface area contributed by atoms with Crippen molar-refractivity contribution in [1.82, 2.24) is 5.32 Å². The lowest BCUT2D eigenvalue weighted by Crippen LogP contribution is -2.22. The molecule has 2 N–H and O–H groups in total. The largest absolute Gasteiger partial charge is 0.384 e. The fourth-order valence-electron chi connectivity index (χ4n) is 3.53. The van der Waals surface area contributed by atoms with Crippen molar-refractivity contribution in [3.63, 3.8) is 0 Å². The van der Waals surface area contributed by atoms with Crippen LogP contribution in [0, 0.1) is 3.57 Å². The molecule has 0 amide bonds. The number of anilines is 1. The van der Waals surface area contributed by atoms with Crippen LogP contribution >= 0.6 is 47.4 Å². The lowest BCUT2D eigenvalue weighted by atomic mass is 9.82. The van der Waals surface area contributed by atoms with Crippen LogP contribution in [0.15, 0.2) is 42.5 Å². The Morgan fingerprint density at radius 2 is 1.84 bits per heavy atom. The van der Waals surface area contributed by atoms with E-state index >= 15 is 0 Å². The van der Waals surface area contributed by atoms with Gasteiger partial charge >= 0.3 is 0 Å². The first-order valence-electron chi connectivity index (χ1n) is 8.53. The molecule has 0 aromatic heterocycles. The highest BCUT2D eigenvalue weighted by molar-refractivity contribution is 14.1. The van der Waals surface area contributed by atoms with Gasteiger partial charge in [-0.05, 0) is 84.0 Å². The highest BCUT2D eigenvalue weighted by Crippen LogP contribution is 2.36. The zero-order valence-electron chi connectivity index (χ0n) is 14.6. The van der Waals surface area contributed by atoms with E-state index in [1.165, 1.54) is 34.1 Å². The number of fused-ring (bicyclic) bond motifs is 1. The Morgan fingerprint density at radius 3 is 2.56 bits per heavy atom. The van der Waals surface area contributed by atoms with Crippen LogP contribution in [-0.2, 0) is 12.8 Å². The summed E-state index contributed by atoms with van der Waals surface area (Å²) in [4.78, 5) is 0. The van der Waals surface area contributed by atoms with E-state index in [1.54, 1.807) is 11.1 Å². The predicted octanol–water partition coefficient (Wildman–Crippen LogP) is 5.43. The monoisotopic (exact) mass is 492 g/mol. The van der Waals surface area contributed by atoms with Gasteiger partial charge in [0.25, 0.3) is 0 Å². The number of hydrogen-bond donors (Lipinski definition) is 2. The van der Waals surface area contributed by atoms with Gasteiger partial charge in [0.1, 0.15) is 0 Å². The van der Waals surface area contributed by atoms with E-state index in [-0.39, 0.29) is 24.8 Å². The molecule has 138 valence electrons. The molecule has 1 aliphatic carbocycles. The van der Waals surface area contributed by atoms with Crippen LogP contribution < -0.4 is 10.6 Å². The Morgan fingerprint density at radius 1 is 1.08 bits per heavy atom. The molecule has 1 unspecified atom stereocenters. The van der Waals surface area contributed by atoms with Crippen LogP contribution in [-0.4, -0.2) is 20.1 Å². The molecule has 0 saturated carbocycles. The third-order valence-corrected chi connectivity index (χ3v) is 5.95. The van der Waals surface area contributed by atoms with Gasteiger partial charge in [0.2, 0.25) is 0 Å². The van der Waals surface area contributed by atoms with Crippen LogP contribution in [0.2, 0.25) is 0 Å². The van der Waals surface area contributed by atoms with E-state index < -0.39 is 0 Å². The molecule has 0 bridgehead atoms. The lowest BCUT2D eigenvalue weighted by molar-refractivity contribution is 0.528. The summed E-state index contributed by atoms with van der Waals surface area (Å²) >= 11 is 2.53. The summed E-state index contributed by atoms with van der Waals surface area (Å²) in [6.07, 6.45) is 4.91. The number of rotatable bonds is 6. The van der Waals surface area contributed by atoms with Gasteiger partial charge in [0.15, 0.2) is 0 Å². The Bertz CT molecular complexity index is 650. The zero-order chi connectivity index (χ0) is 16.1. The van der Waals surface area contributed by atoms with Crippen LogP contribution in [0.1, 0.15) is 35.4 Å². The van der Waals surface area contributed by atoms with E-state index in [0.29, 0.717) is 5.92 Å². The maximum atomic E-state index is 3.64. The van der Waals surface area contributed by atoms with Gasteiger partial charge in [-0.3, -0.25) is 0 Å². The summed E-state index contributed by atoms with van der Waals surface area (Å²) in [5.41, 5.74) is 5.82. The van der Waals surface area contributed by atoms with E-state index in [4.69, 9.17) is 0 Å². The molecule has 0 heterocycles. The average molecular weight is 493 g/mol. The highest BCUT2D eigenvalue weighted by atomic mass is 127. The Kier molecular flexibility index (Phi) is 10.2. The maximum Gasteiger partial charge on any atom is 0.0478 e. The van der Waals surface area contributed by atoms with Gasteiger partial charge < -0.3 is 10.6 Å². The molecule has 0 aliphatic heterocycles. The van der Waals surface area contributed by atoms with Crippen molar-refractivity contribution in [2.45, 2.75) is 31.6 Å². The first kappa shape index (κ1) is 22.6. The number of halogens is 3. The quantitative estimate of drug-likeness (QED) is 0.525. The van der Waals surface area contributed by atoms with Crippen molar-refractivity contribution in [2.24, 2.45) is 0 Å². The summed E-state index contributed by atoms with van der Waals surface area (Å²) in [5, 5.41) is 6.98. The second-order valence-electron chi connectivity index (χ2n) is 6.30. The topological polar surface area (TPSA) is 24.1 Å². The minimum Gasteiger partial charge on any atom is -0.384 e. The fraction of sp³-hybridized carbons (Fsp3) is 0.400. The molecule has 0 fully saturated rings. The molecule has 0 spiro atoms. The van der Waals surface area contributed by atoms with Crippen LogP contribution in [0.3, 0.4) is 0 Å². The van der Waals surface area contributed by atoms with Crippen molar-refractivity contribution in [3.05, 3.63) is 62.7 Å². The SMILES string of the molecule is CNCC1CCCc2c1ccc(NCCc1ccccc1)c2I.Cl.Cl. The van der Waals surface area contributed by atoms with Crippen LogP contribution in [0.5, 0.6) is 0 Å². The van der Waals surface area contributed by atoms with E-state index in [9.17, 15) is 0 Å². The Labute approximate surface area is 177 Å². The molecular formula is C20H27Cl2IN2. The third kappa shape index (κ3) is 5.75. The number of nitrogens with one attached hydrogen (secondary N) is 2. The van der Waals surface area contributed by atoms with E-state index in [0.717, 1.165) is 19.5 Å². The highest BCUT2D eigenvalue weighted by Gasteiger charge is 2.22. The van der Waals surface area contributed by atoms with Crippen LogP contribution in [0.4, 0.5) is 5.69 Å². The van der Waals surface area contributed by atoms with Crippen molar-refractivity contribution in [2.75, 3.05) is 25.5 Å². The van der Waals surface area contributed by atoms with E-state index in [2.05, 4.69) is 82.7 Å². The molecule has 1 aliphatic rings. The van der Waals surface area contributed by atoms with Crippen molar-refractivity contribution < 1.29 is 0 Å². The normalized spacial score (nSPS) is 15.5. The molecule has 2 aromatic rings. The molecule has 3 rings (SSSR count). The molecule has 0 saturated heterocycles. The van der Waals surface area contributed by atoms with E-state index in [1.807, 2.05) is 0 Å².